The van der Waals surface area contributed by atoms with Crippen LogP contribution in [0.15, 0.2) is 10.6 Å². The second kappa shape index (κ2) is 4.25. The molecule has 5 nitrogen and oxygen atoms in total. The Morgan fingerprint density at radius 1 is 1.75 bits per heavy atom. The molecular weight excluding hydrogens is 208 g/mol. The molecule has 2 heterocycles. The molecule has 2 rings (SSSR count). The molecule has 0 bridgehead atoms. The fraction of sp³-hybridized carbons (Fsp3) is 0.636. The van der Waals surface area contributed by atoms with Gasteiger partial charge in [0.25, 0.3) is 0 Å². The molecule has 0 saturated carbocycles. The van der Waals surface area contributed by atoms with Gasteiger partial charge in [-0.15, -0.1) is 0 Å². The van der Waals surface area contributed by atoms with Crippen LogP contribution in [-0.4, -0.2) is 39.8 Å². The van der Waals surface area contributed by atoms with E-state index in [2.05, 4.69) is 5.16 Å². The average molecular weight is 224 g/mol. The Morgan fingerprint density at radius 3 is 3.00 bits per heavy atom. The second-order valence-corrected chi connectivity index (χ2v) is 4.39. The predicted molar refractivity (Wildman–Crippen MR) is 56.7 cm³/mol. The van der Waals surface area contributed by atoms with Crippen LogP contribution < -0.4 is 0 Å². The number of nitrogens with zero attached hydrogens (tertiary/aromatic N) is 2. The molecule has 1 fully saturated rings. The van der Waals surface area contributed by atoms with Gasteiger partial charge < -0.3 is 14.5 Å². The van der Waals surface area contributed by atoms with E-state index >= 15 is 0 Å². The van der Waals surface area contributed by atoms with Crippen LogP contribution in [0.4, 0.5) is 0 Å². The molecule has 1 aliphatic rings. The van der Waals surface area contributed by atoms with Gasteiger partial charge in [-0.3, -0.25) is 4.79 Å². The summed E-state index contributed by atoms with van der Waals surface area (Å²) in [5.74, 6) is 0.703. The summed E-state index contributed by atoms with van der Waals surface area (Å²) in [6, 6.07) is 1.87. The molecule has 1 aliphatic heterocycles. The molecule has 0 aliphatic carbocycles. The molecule has 16 heavy (non-hydrogen) atoms. The van der Waals surface area contributed by atoms with Gasteiger partial charge >= 0.3 is 0 Å². The van der Waals surface area contributed by atoms with Crippen LogP contribution in [0.5, 0.6) is 0 Å². The third-order valence-electron chi connectivity index (χ3n) is 2.88. The SMILES string of the molecule is Cc1cc(CC(=O)N2CC(O)CC2C)no1. The second-order valence-electron chi connectivity index (χ2n) is 4.39. The Labute approximate surface area is 94.0 Å². The van der Waals surface area contributed by atoms with Crippen molar-refractivity contribution in [1.29, 1.82) is 0 Å². The highest BCUT2D eigenvalue weighted by atomic mass is 16.5. The standard InChI is InChI=1S/C11H16N2O3/c1-7-3-10(14)6-13(7)11(15)5-9-4-8(2)16-12-9/h4,7,10,14H,3,5-6H2,1-2H3. The Morgan fingerprint density at radius 2 is 2.50 bits per heavy atom. The number of hydrogen-bond acceptors (Lipinski definition) is 4. The molecule has 1 aromatic heterocycles. The van der Waals surface area contributed by atoms with E-state index in [-0.39, 0.29) is 18.4 Å². The fourth-order valence-corrected chi connectivity index (χ4v) is 2.11. The number of aryl methyl sites for hydroxylation is 1. The van der Waals surface area contributed by atoms with Crippen molar-refractivity contribution in [2.24, 2.45) is 0 Å². The summed E-state index contributed by atoms with van der Waals surface area (Å²) in [7, 11) is 0. The quantitative estimate of drug-likeness (QED) is 0.794. The number of aliphatic hydroxyl groups excluding tert-OH is 1. The normalized spacial score (nSPS) is 25.1. The van der Waals surface area contributed by atoms with Gasteiger partial charge in [-0.2, -0.15) is 0 Å². The van der Waals surface area contributed by atoms with Gasteiger partial charge in [0, 0.05) is 18.7 Å². The van der Waals surface area contributed by atoms with Crippen molar-refractivity contribution in [2.75, 3.05) is 6.54 Å². The summed E-state index contributed by atoms with van der Waals surface area (Å²) in [5.41, 5.74) is 0.649. The smallest absolute Gasteiger partial charge is 0.229 e. The molecule has 0 spiro atoms. The number of rotatable bonds is 2. The third-order valence-corrected chi connectivity index (χ3v) is 2.88. The van der Waals surface area contributed by atoms with Gasteiger partial charge in [0.15, 0.2) is 0 Å². The molecule has 0 aromatic carbocycles. The van der Waals surface area contributed by atoms with E-state index in [0.29, 0.717) is 24.4 Å². The number of aromatic nitrogens is 1. The Hall–Kier alpha value is -1.36. The van der Waals surface area contributed by atoms with Crippen molar-refractivity contribution in [3.05, 3.63) is 17.5 Å². The lowest BCUT2D eigenvalue weighted by molar-refractivity contribution is -0.131. The van der Waals surface area contributed by atoms with Crippen LogP contribution in [0, 0.1) is 6.92 Å². The maximum Gasteiger partial charge on any atom is 0.229 e. The minimum absolute atomic E-state index is 0.00245. The molecule has 1 aromatic rings. The number of carbonyl (C=O) groups excluding carboxylic acids is 1. The van der Waals surface area contributed by atoms with E-state index in [4.69, 9.17) is 4.52 Å². The molecule has 2 unspecified atom stereocenters. The van der Waals surface area contributed by atoms with Crippen molar-refractivity contribution in [2.45, 2.75) is 38.8 Å². The number of β-amino-alcohol motifs (C(OH)–C–C–N with tert-alkyl or cyclic N) is 1. The maximum atomic E-state index is 11.9. The lowest BCUT2D eigenvalue weighted by Crippen LogP contribution is -2.35. The Kier molecular flexibility index (Phi) is 2.96. The lowest BCUT2D eigenvalue weighted by atomic mass is 10.2. The van der Waals surface area contributed by atoms with E-state index in [0.717, 1.165) is 0 Å². The van der Waals surface area contributed by atoms with Crippen LogP contribution >= 0.6 is 0 Å². The monoisotopic (exact) mass is 224 g/mol. The fourth-order valence-electron chi connectivity index (χ4n) is 2.11. The highest BCUT2D eigenvalue weighted by molar-refractivity contribution is 5.79. The van der Waals surface area contributed by atoms with Crippen LogP contribution in [0.1, 0.15) is 24.8 Å². The van der Waals surface area contributed by atoms with Gasteiger partial charge in [0.1, 0.15) is 5.76 Å². The molecule has 88 valence electrons. The summed E-state index contributed by atoms with van der Waals surface area (Å²) in [6.07, 6.45) is 0.510. The first-order valence-electron chi connectivity index (χ1n) is 5.46. The third kappa shape index (κ3) is 2.24. The summed E-state index contributed by atoms with van der Waals surface area (Å²) < 4.78 is 4.91. The Bertz CT molecular complexity index is 388. The first-order valence-corrected chi connectivity index (χ1v) is 5.46. The summed E-state index contributed by atoms with van der Waals surface area (Å²) in [6.45, 7) is 4.17. The lowest BCUT2D eigenvalue weighted by Gasteiger charge is -2.20. The van der Waals surface area contributed by atoms with Crippen molar-refractivity contribution < 1.29 is 14.4 Å². The van der Waals surface area contributed by atoms with Crippen LogP contribution in [0.25, 0.3) is 0 Å². The van der Waals surface area contributed by atoms with Gasteiger partial charge in [-0.1, -0.05) is 5.16 Å². The van der Waals surface area contributed by atoms with Gasteiger partial charge in [-0.05, 0) is 20.3 Å². The highest BCUT2D eigenvalue weighted by Crippen LogP contribution is 2.18. The van der Waals surface area contributed by atoms with E-state index in [1.54, 1.807) is 17.9 Å². The summed E-state index contributed by atoms with van der Waals surface area (Å²) in [4.78, 5) is 13.6. The maximum absolute atomic E-state index is 11.9. The molecule has 1 saturated heterocycles. The van der Waals surface area contributed by atoms with Crippen LogP contribution in [-0.2, 0) is 11.2 Å². The Balaban J connectivity index is 1.98. The van der Waals surface area contributed by atoms with Crippen molar-refractivity contribution in [3.63, 3.8) is 0 Å². The molecule has 1 amide bonds. The van der Waals surface area contributed by atoms with E-state index in [9.17, 15) is 9.90 Å². The summed E-state index contributed by atoms with van der Waals surface area (Å²) in [5, 5.41) is 13.2. The van der Waals surface area contributed by atoms with Crippen LogP contribution in [0.3, 0.4) is 0 Å². The number of likely N-dealkylation sites (tertiary alicyclic amines) is 1. The zero-order chi connectivity index (χ0) is 11.7. The van der Waals surface area contributed by atoms with Gasteiger partial charge in [0.2, 0.25) is 5.91 Å². The van der Waals surface area contributed by atoms with Gasteiger partial charge in [-0.25, -0.2) is 0 Å². The largest absolute Gasteiger partial charge is 0.391 e. The molecule has 2 atom stereocenters. The first-order chi connectivity index (χ1) is 7.56. The first kappa shape index (κ1) is 11.1. The predicted octanol–water partition coefficient (Wildman–Crippen LogP) is 0.507. The van der Waals surface area contributed by atoms with E-state index in [1.807, 2.05) is 6.92 Å². The molecule has 0 radical (unpaired) electrons. The van der Waals surface area contributed by atoms with E-state index < -0.39 is 6.10 Å². The van der Waals surface area contributed by atoms with Crippen molar-refractivity contribution in [3.8, 4) is 0 Å². The number of carbonyl (C=O) groups is 1. The summed E-state index contributed by atoms with van der Waals surface area (Å²) >= 11 is 0. The molecular formula is C11H16N2O3. The molecule has 5 heteroatoms. The van der Waals surface area contributed by atoms with Crippen LogP contribution in [0.2, 0.25) is 0 Å². The minimum atomic E-state index is -0.391. The average Bonchev–Trinajstić information content (AvgIpc) is 2.73. The van der Waals surface area contributed by atoms with Crippen molar-refractivity contribution in [1.82, 2.24) is 10.1 Å². The molecule has 1 N–H and O–H groups in total. The highest BCUT2D eigenvalue weighted by Gasteiger charge is 2.31. The van der Waals surface area contributed by atoms with Gasteiger partial charge in [0.05, 0.1) is 18.2 Å². The zero-order valence-corrected chi connectivity index (χ0v) is 9.51. The topological polar surface area (TPSA) is 66.6 Å². The minimum Gasteiger partial charge on any atom is -0.391 e. The number of hydrogen-bond donors (Lipinski definition) is 1. The zero-order valence-electron chi connectivity index (χ0n) is 9.51. The number of aliphatic hydroxyl groups is 1. The number of amides is 1. The van der Waals surface area contributed by atoms with E-state index in [1.165, 1.54) is 0 Å². The van der Waals surface area contributed by atoms with Crippen molar-refractivity contribution >= 4 is 5.91 Å².